The molecule has 11 aromatic heterocycles. The van der Waals surface area contributed by atoms with Gasteiger partial charge in [0, 0.05) is 134 Å². The maximum atomic E-state index is 4.48. The molecular weight excluding hydrogens is 1220 g/mol. The Morgan fingerprint density at radius 1 is 0.260 bits per heavy atom. The third-order valence-electron chi connectivity index (χ3n) is 18.7. The van der Waals surface area contributed by atoms with Crippen LogP contribution in [0.3, 0.4) is 0 Å². The minimum atomic E-state index is 1.06. The van der Waals surface area contributed by atoms with E-state index in [0.29, 0.717) is 0 Å². The van der Waals surface area contributed by atoms with Crippen LogP contribution in [0.1, 0.15) is 150 Å². The van der Waals surface area contributed by atoms with Gasteiger partial charge in [-0.3, -0.25) is 19.9 Å². The van der Waals surface area contributed by atoms with Crippen LogP contribution < -0.4 is 0 Å². The molecule has 528 valence electrons. The highest BCUT2D eigenvalue weighted by molar-refractivity contribution is 6.11. The second kappa shape index (κ2) is 37.4. The van der Waals surface area contributed by atoms with Gasteiger partial charge in [-0.05, 0) is 193 Å². The first-order valence-electron chi connectivity index (χ1n) is 36.2. The van der Waals surface area contributed by atoms with Crippen LogP contribution in [0.15, 0.2) is 165 Å². The zero-order chi connectivity index (χ0) is 74.6. The van der Waals surface area contributed by atoms with Crippen molar-refractivity contribution in [3.05, 3.63) is 232 Å². The summed E-state index contributed by atoms with van der Waals surface area (Å²) in [7, 11) is 12.6. The van der Waals surface area contributed by atoms with Gasteiger partial charge in [-0.25, -0.2) is 4.98 Å². The van der Waals surface area contributed by atoms with E-state index in [2.05, 4.69) is 281 Å². The number of hydrogen-bond donors (Lipinski definition) is 0. The van der Waals surface area contributed by atoms with E-state index in [0.717, 1.165) is 16.7 Å². The minimum absolute atomic E-state index is 1.06. The fraction of sp³-hybridized carbons (Fsp3) is 0.337. The van der Waals surface area contributed by atoms with Gasteiger partial charge in [0.25, 0.3) is 0 Å². The van der Waals surface area contributed by atoms with Gasteiger partial charge in [0.05, 0.1) is 66.9 Å². The van der Waals surface area contributed by atoms with Crippen molar-refractivity contribution in [1.29, 1.82) is 0 Å². The SMILES string of the molecule is CC.CC.CC.CC.CC.CC.Cc1ccc2c3cccnc3n(C)c2c1C.Cc1ccc2c3ccncc3n(C)c2c1C.Cc1ccc2c3cnccc3n(C)c2c1C.Cc1ccc2c3ncccc3n(C)c2c1C.Cc1cccc2cc(C)n(C)c12.Cc1ccnc2cc(C)n(C)c12. The molecule has 0 unspecified atom stereocenters. The molecule has 0 atom stereocenters. The van der Waals surface area contributed by atoms with E-state index < -0.39 is 0 Å². The number of rotatable bonds is 0. The monoisotopic (exact) mass is 1340 g/mol. The van der Waals surface area contributed by atoms with E-state index in [1.807, 2.05) is 145 Å². The average Bonchev–Trinajstić information content (AvgIpc) is 1.63. The molecule has 0 bridgehead atoms. The lowest BCUT2D eigenvalue weighted by molar-refractivity contribution is 0.914. The predicted molar refractivity (Wildman–Crippen MR) is 441 cm³/mol. The van der Waals surface area contributed by atoms with Gasteiger partial charge < -0.3 is 27.4 Å². The zero-order valence-corrected chi connectivity index (χ0v) is 66.5. The quantitative estimate of drug-likeness (QED) is 0.151. The first kappa shape index (κ1) is 80.8. The number of nitrogens with zero attached hydrogens (tertiary/aromatic N) is 11. The molecule has 0 aliphatic heterocycles. The highest BCUT2D eigenvalue weighted by Crippen LogP contribution is 2.35. The summed E-state index contributed by atoms with van der Waals surface area (Å²) >= 11 is 0. The van der Waals surface area contributed by atoms with Crippen molar-refractivity contribution in [3.8, 4) is 0 Å². The number of fused-ring (bicyclic) bond motifs is 14. The Hall–Kier alpha value is -9.87. The fourth-order valence-corrected chi connectivity index (χ4v) is 13.1. The molecule has 11 heterocycles. The first-order valence-corrected chi connectivity index (χ1v) is 36.2. The number of para-hydroxylation sites is 1. The maximum Gasteiger partial charge on any atom is 0.140 e. The summed E-state index contributed by atoms with van der Waals surface area (Å²) in [6, 6.07) is 42.7. The third-order valence-corrected chi connectivity index (χ3v) is 18.7. The van der Waals surface area contributed by atoms with Crippen molar-refractivity contribution < 1.29 is 0 Å². The van der Waals surface area contributed by atoms with Crippen molar-refractivity contribution in [1.82, 2.24) is 52.3 Å². The van der Waals surface area contributed by atoms with E-state index in [1.54, 1.807) is 0 Å². The second-order valence-corrected chi connectivity index (χ2v) is 23.9. The van der Waals surface area contributed by atoms with Gasteiger partial charge in [0.1, 0.15) is 5.65 Å². The summed E-state index contributed by atoms with van der Waals surface area (Å²) < 4.78 is 13.3. The number of hydrogen-bond acceptors (Lipinski definition) is 5. The van der Waals surface area contributed by atoms with Crippen molar-refractivity contribution in [2.24, 2.45) is 42.3 Å². The molecule has 0 saturated heterocycles. The molecule has 0 spiro atoms. The summed E-state index contributed by atoms with van der Waals surface area (Å²) in [5.41, 5.74) is 30.7. The molecule has 11 heteroatoms. The first-order chi connectivity index (χ1) is 48.2. The maximum absolute atomic E-state index is 4.48. The van der Waals surface area contributed by atoms with Gasteiger partial charge in [0.15, 0.2) is 0 Å². The molecule has 11 nitrogen and oxygen atoms in total. The van der Waals surface area contributed by atoms with Gasteiger partial charge in [-0.1, -0.05) is 150 Å². The molecule has 0 saturated carbocycles. The molecule has 0 aliphatic rings. The van der Waals surface area contributed by atoms with Gasteiger partial charge in [-0.2, -0.15) is 0 Å². The van der Waals surface area contributed by atoms with E-state index >= 15 is 0 Å². The second-order valence-electron chi connectivity index (χ2n) is 23.9. The van der Waals surface area contributed by atoms with Crippen molar-refractivity contribution in [3.63, 3.8) is 0 Å². The summed E-state index contributed by atoms with van der Waals surface area (Å²) in [5, 5.41) is 10.3. The Balaban J connectivity index is 0.000000210. The number of pyridine rings is 5. The van der Waals surface area contributed by atoms with Crippen LogP contribution in [0, 0.1) is 83.1 Å². The Bertz CT molecular complexity index is 4740. The van der Waals surface area contributed by atoms with E-state index in [1.165, 1.54) is 160 Å². The summed E-state index contributed by atoms with van der Waals surface area (Å²) in [5.74, 6) is 0. The van der Waals surface area contributed by atoms with Crippen molar-refractivity contribution in [2.75, 3.05) is 0 Å². The van der Waals surface area contributed by atoms with Crippen LogP contribution >= 0.6 is 0 Å². The summed E-state index contributed by atoms with van der Waals surface area (Å²) in [6.07, 6.45) is 13.2. The minimum Gasteiger partial charge on any atom is -0.348 e. The molecule has 100 heavy (non-hydrogen) atoms. The number of benzene rings is 5. The zero-order valence-electron chi connectivity index (χ0n) is 66.5. The largest absolute Gasteiger partial charge is 0.348 e. The van der Waals surface area contributed by atoms with Crippen LogP contribution in [0.4, 0.5) is 0 Å². The molecule has 16 rings (SSSR count). The van der Waals surface area contributed by atoms with Crippen LogP contribution in [0.5, 0.6) is 0 Å². The lowest BCUT2D eigenvalue weighted by Crippen LogP contribution is -1.92. The Morgan fingerprint density at radius 3 is 1.26 bits per heavy atom. The molecular formula is C89H117N11. The van der Waals surface area contributed by atoms with E-state index in [4.69, 9.17) is 0 Å². The average molecular weight is 1340 g/mol. The smallest absolute Gasteiger partial charge is 0.140 e. The molecule has 0 N–H and O–H groups in total. The predicted octanol–water partition coefficient (Wildman–Crippen LogP) is 24.5. The molecule has 0 fully saturated rings. The molecule has 16 aromatic rings. The summed E-state index contributed by atoms with van der Waals surface area (Å²) in [4.78, 5) is 21.7. The number of aryl methyl sites for hydroxylation is 18. The van der Waals surface area contributed by atoms with Crippen molar-refractivity contribution in [2.45, 2.75) is 166 Å². The van der Waals surface area contributed by atoms with Gasteiger partial charge in [0.2, 0.25) is 0 Å². The van der Waals surface area contributed by atoms with Crippen LogP contribution in [0.25, 0.3) is 109 Å². The van der Waals surface area contributed by atoms with E-state index in [-0.39, 0.29) is 0 Å². The highest BCUT2D eigenvalue weighted by atomic mass is 15.0. The van der Waals surface area contributed by atoms with E-state index in [9.17, 15) is 0 Å². The van der Waals surface area contributed by atoms with Crippen LogP contribution in [-0.4, -0.2) is 52.3 Å². The lowest BCUT2D eigenvalue weighted by atomic mass is 10.1. The molecule has 5 aromatic carbocycles. The summed E-state index contributed by atoms with van der Waals surface area (Å²) in [6.45, 7) is 49.8. The highest BCUT2D eigenvalue weighted by Gasteiger charge is 2.15. The van der Waals surface area contributed by atoms with Crippen LogP contribution in [-0.2, 0) is 42.3 Å². The third kappa shape index (κ3) is 16.4. The van der Waals surface area contributed by atoms with Gasteiger partial charge >= 0.3 is 0 Å². The Kier molecular flexibility index (Phi) is 30.2. The normalized spacial score (nSPS) is 10.3. The molecule has 0 aliphatic carbocycles. The topological polar surface area (TPSA) is 94.0 Å². The fourth-order valence-electron chi connectivity index (χ4n) is 13.1. The number of aromatic nitrogens is 11. The standard InChI is InChI=1S/4C14H14N2.C11H13N.C10H12N2.6C2H6/c1-9-4-5-12-11-6-7-15-8-13(11)16(3)14(12)10(9)2;1-9-4-5-11-12-8-15-7-6-13(12)16(3)14(11)10(9)2;1-9-6-7-11-13-12(5-4-8-15-13)16(3)14(11)10(9)2;1-9-6-7-11-12-5-4-8-15-14(12)16(3)13(11)10(9)2;1-8-5-4-6-10-7-9(2)12(3)11(8)10;1-7-4-5-11-9-6-8(2)12(3)10(7)9;6*1-2/h4*4-8H,1-3H3;4-7H,1-3H3;4-6H,1-3H3;6*1-2H3. The van der Waals surface area contributed by atoms with Crippen LogP contribution in [0.2, 0.25) is 0 Å². The Morgan fingerprint density at radius 2 is 0.700 bits per heavy atom. The molecule has 0 radical (unpaired) electrons. The Labute approximate surface area is 598 Å². The molecule has 0 amide bonds. The van der Waals surface area contributed by atoms with Crippen molar-refractivity contribution >= 4 is 109 Å². The van der Waals surface area contributed by atoms with Gasteiger partial charge in [-0.15, -0.1) is 0 Å². The lowest BCUT2D eigenvalue weighted by Gasteiger charge is -2.04.